The molecule has 1 aromatic rings. The molecule has 0 unspecified atom stereocenters. The molecule has 0 amide bonds. The average Bonchev–Trinajstić information content (AvgIpc) is 1.88. The van der Waals surface area contributed by atoms with Crippen molar-refractivity contribution in [2.45, 2.75) is 4.90 Å². The van der Waals surface area contributed by atoms with Crippen molar-refractivity contribution >= 4 is 9.84 Å². The lowest BCUT2D eigenvalue weighted by Crippen LogP contribution is -1.92. The molecule has 0 saturated heterocycles. The summed E-state index contributed by atoms with van der Waals surface area (Å²) in [6, 6.07) is 2.81. The van der Waals surface area contributed by atoms with E-state index in [0.717, 1.165) is 0 Å². The van der Waals surface area contributed by atoms with Gasteiger partial charge >= 0.3 is 0 Å². The van der Waals surface area contributed by atoms with Crippen LogP contribution in [0.5, 0.6) is 0 Å². The molecule has 0 aliphatic rings. The maximum absolute atomic E-state index is 10.7. The molecular formula is C6H6NO2S. The zero-order valence-corrected chi connectivity index (χ0v) is 6.00. The van der Waals surface area contributed by atoms with Crippen LogP contribution in [0.2, 0.25) is 0 Å². The quantitative estimate of drug-likeness (QED) is 0.599. The second-order valence-electron chi connectivity index (χ2n) is 1.80. The molecule has 4 heteroatoms. The van der Waals surface area contributed by atoms with E-state index in [-0.39, 0.29) is 4.90 Å². The first-order valence-electron chi connectivity index (χ1n) is 2.59. The third kappa shape index (κ3) is 1.54. The van der Waals surface area contributed by atoms with Gasteiger partial charge in [0.1, 0.15) is 0 Å². The van der Waals surface area contributed by atoms with E-state index in [1.165, 1.54) is 24.5 Å². The summed E-state index contributed by atoms with van der Waals surface area (Å²) in [6.45, 7) is 0. The smallest absolute Gasteiger partial charge is 0.179 e. The molecule has 1 rings (SSSR count). The third-order valence-electron chi connectivity index (χ3n) is 1.01. The van der Waals surface area contributed by atoms with Gasteiger partial charge in [-0.25, -0.2) is 8.42 Å². The Morgan fingerprint density at radius 2 is 1.80 bits per heavy atom. The molecule has 0 saturated carbocycles. The number of nitrogens with zero attached hydrogens (tertiary/aromatic N) is 1. The third-order valence-corrected chi connectivity index (χ3v) is 2.00. The van der Waals surface area contributed by atoms with Crippen LogP contribution in [-0.4, -0.2) is 13.4 Å². The zero-order chi connectivity index (χ0) is 7.61. The number of hydrogen-bond acceptors (Lipinski definition) is 3. The van der Waals surface area contributed by atoms with Crippen LogP contribution in [0.1, 0.15) is 0 Å². The van der Waals surface area contributed by atoms with Crippen LogP contribution in [0.4, 0.5) is 0 Å². The van der Waals surface area contributed by atoms with E-state index in [2.05, 4.69) is 11.2 Å². The summed E-state index contributed by atoms with van der Waals surface area (Å²) in [5.41, 5.74) is 0. The highest BCUT2D eigenvalue weighted by molar-refractivity contribution is 7.92. The van der Waals surface area contributed by atoms with Gasteiger partial charge in [0.25, 0.3) is 0 Å². The minimum absolute atomic E-state index is 0.197. The Morgan fingerprint density at radius 1 is 1.30 bits per heavy atom. The van der Waals surface area contributed by atoms with Gasteiger partial charge < -0.3 is 0 Å². The summed E-state index contributed by atoms with van der Waals surface area (Å²) >= 11 is 0. The van der Waals surface area contributed by atoms with Gasteiger partial charge in [-0.15, -0.1) is 0 Å². The van der Waals surface area contributed by atoms with Crippen molar-refractivity contribution in [3.63, 3.8) is 0 Å². The molecule has 1 radical (unpaired) electrons. The van der Waals surface area contributed by atoms with Crippen LogP contribution in [0.3, 0.4) is 0 Å². The SMILES string of the molecule is [CH2]S(=O)(=O)c1ccncc1. The van der Waals surface area contributed by atoms with Gasteiger partial charge in [0, 0.05) is 12.4 Å². The van der Waals surface area contributed by atoms with Gasteiger partial charge in [0.15, 0.2) is 9.84 Å². The van der Waals surface area contributed by atoms with Gasteiger partial charge in [-0.05, 0) is 12.1 Å². The van der Waals surface area contributed by atoms with E-state index in [1.54, 1.807) is 0 Å². The van der Waals surface area contributed by atoms with Crippen LogP contribution in [-0.2, 0) is 9.84 Å². The lowest BCUT2D eigenvalue weighted by atomic mass is 10.5. The predicted molar refractivity (Wildman–Crippen MR) is 36.8 cm³/mol. The molecule has 0 spiro atoms. The standard InChI is InChI=1S/C6H6NO2S/c1-10(8,9)6-2-4-7-5-3-6/h2-5H,1H2. The van der Waals surface area contributed by atoms with Crippen LogP contribution >= 0.6 is 0 Å². The minimum atomic E-state index is -3.29. The van der Waals surface area contributed by atoms with Gasteiger partial charge in [-0.1, -0.05) is 0 Å². The van der Waals surface area contributed by atoms with E-state index in [0.29, 0.717) is 0 Å². The minimum Gasteiger partial charge on any atom is -0.265 e. The zero-order valence-electron chi connectivity index (χ0n) is 5.19. The van der Waals surface area contributed by atoms with Crippen LogP contribution in [0, 0.1) is 6.26 Å². The summed E-state index contributed by atoms with van der Waals surface area (Å²) in [5, 5.41) is 0. The fourth-order valence-corrected chi connectivity index (χ4v) is 1.08. The number of sulfone groups is 1. The first kappa shape index (κ1) is 7.21. The highest BCUT2D eigenvalue weighted by atomic mass is 32.2. The fourth-order valence-electron chi connectivity index (χ4n) is 0.546. The second kappa shape index (κ2) is 2.38. The second-order valence-corrected chi connectivity index (χ2v) is 3.50. The first-order valence-corrected chi connectivity index (χ1v) is 4.24. The van der Waals surface area contributed by atoms with Crippen LogP contribution < -0.4 is 0 Å². The Morgan fingerprint density at radius 3 is 2.10 bits per heavy atom. The molecular weight excluding hydrogens is 150 g/mol. The molecule has 0 aliphatic carbocycles. The topological polar surface area (TPSA) is 47.0 Å². The largest absolute Gasteiger partial charge is 0.265 e. The van der Waals surface area contributed by atoms with Crippen molar-refractivity contribution in [2.24, 2.45) is 0 Å². The first-order chi connectivity index (χ1) is 4.61. The van der Waals surface area contributed by atoms with Crippen molar-refractivity contribution in [3.8, 4) is 0 Å². The number of hydrogen-bond donors (Lipinski definition) is 0. The molecule has 0 aromatic carbocycles. The molecule has 0 atom stereocenters. The number of rotatable bonds is 1. The van der Waals surface area contributed by atoms with Crippen molar-refractivity contribution in [3.05, 3.63) is 30.8 Å². The monoisotopic (exact) mass is 156 g/mol. The van der Waals surface area contributed by atoms with Crippen molar-refractivity contribution in [2.75, 3.05) is 0 Å². The highest BCUT2D eigenvalue weighted by Gasteiger charge is 2.03. The van der Waals surface area contributed by atoms with Crippen molar-refractivity contribution < 1.29 is 8.42 Å². The Labute approximate surface area is 59.6 Å². The maximum Gasteiger partial charge on any atom is 0.179 e. The van der Waals surface area contributed by atoms with Crippen LogP contribution in [0.25, 0.3) is 0 Å². The van der Waals surface area contributed by atoms with E-state index in [9.17, 15) is 8.42 Å². The summed E-state index contributed by atoms with van der Waals surface area (Å²) in [5.74, 6) is 0. The number of pyridine rings is 1. The normalized spacial score (nSPS) is 11.3. The van der Waals surface area contributed by atoms with Gasteiger partial charge in [0.05, 0.1) is 11.2 Å². The Balaban J connectivity index is 3.22. The fraction of sp³-hybridized carbons (Fsp3) is 0. The van der Waals surface area contributed by atoms with E-state index in [4.69, 9.17) is 0 Å². The molecule has 10 heavy (non-hydrogen) atoms. The molecule has 0 aliphatic heterocycles. The van der Waals surface area contributed by atoms with Crippen molar-refractivity contribution in [1.29, 1.82) is 0 Å². The van der Waals surface area contributed by atoms with E-state index in [1.807, 2.05) is 0 Å². The highest BCUT2D eigenvalue weighted by Crippen LogP contribution is 2.05. The summed E-state index contributed by atoms with van der Waals surface area (Å²) < 4.78 is 21.4. The maximum atomic E-state index is 10.7. The Bertz CT molecular complexity index is 304. The number of aromatic nitrogens is 1. The molecule has 1 aromatic heterocycles. The molecule has 0 fully saturated rings. The van der Waals surface area contributed by atoms with Gasteiger partial charge in [-0.3, -0.25) is 4.98 Å². The molecule has 3 nitrogen and oxygen atoms in total. The van der Waals surface area contributed by atoms with E-state index >= 15 is 0 Å². The predicted octanol–water partition coefficient (Wildman–Crippen LogP) is 0.647. The summed E-state index contributed by atoms with van der Waals surface area (Å²) in [4.78, 5) is 3.86. The lowest BCUT2D eigenvalue weighted by molar-refractivity contribution is 0.604. The van der Waals surface area contributed by atoms with E-state index < -0.39 is 9.84 Å². The Kier molecular flexibility index (Phi) is 1.72. The molecule has 0 N–H and O–H groups in total. The molecule has 1 heterocycles. The van der Waals surface area contributed by atoms with Crippen molar-refractivity contribution in [1.82, 2.24) is 4.98 Å². The summed E-state index contributed by atoms with van der Waals surface area (Å²) in [6.07, 6.45) is 5.81. The molecule has 53 valence electrons. The Hall–Kier alpha value is -0.900. The van der Waals surface area contributed by atoms with Crippen LogP contribution in [0.15, 0.2) is 29.4 Å². The average molecular weight is 156 g/mol. The molecule has 0 bridgehead atoms. The summed E-state index contributed by atoms with van der Waals surface area (Å²) in [7, 11) is -3.29. The van der Waals surface area contributed by atoms with Gasteiger partial charge in [0.2, 0.25) is 0 Å². The van der Waals surface area contributed by atoms with Gasteiger partial charge in [-0.2, -0.15) is 0 Å². The lowest BCUT2D eigenvalue weighted by Gasteiger charge is -1.92.